The third-order valence-corrected chi connectivity index (χ3v) is 6.47. The van der Waals surface area contributed by atoms with E-state index in [1.54, 1.807) is 6.07 Å². The van der Waals surface area contributed by atoms with E-state index in [2.05, 4.69) is 5.32 Å². The summed E-state index contributed by atoms with van der Waals surface area (Å²) < 4.78 is 19.3. The van der Waals surface area contributed by atoms with Gasteiger partial charge in [0.15, 0.2) is 0 Å². The highest BCUT2D eigenvalue weighted by Crippen LogP contribution is 2.43. The van der Waals surface area contributed by atoms with Crippen molar-refractivity contribution in [1.82, 2.24) is 10.2 Å². The van der Waals surface area contributed by atoms with Gasteiger partial charge in [0.2, 0.25) is 11.8 Å². The first-order valence-corrected chi connectivity index (χ1v) is 11.4. The molecule has 2 fully saturated rings. The molecule has 1 saturated carbocycles. The summed E-state index contributed by atoms with van der Waals surface area (Å²) in [5, 5.41) is 3.00. The molecule has 1 N–H and O–H groups in total. The Morgan fingerprint density at radius 1 is 1.23 bits per heavy atom. The Kier molecular flexibility index (Phi) is 7.87. The molecule has 6 heteroatoms. The topological polar surface area (TPSA) is 58.6 Å². The Morgan fingerprint density at radius 2 is 1.93 bits per heavy atom. The van der Waals surface area contributed by atoms with Crippen molar-refractivity contribution in [3.8, 4) is 0 Å². The zero-order valence-electron chi connectivity index (χ0n) is 18.3. The van der Waals surface area contributed by atoms with Crippen LogP contribution >= 0.6 is 0 Å². The first-order valence-electron chi connectivity index (χ1n) is 11.4. The van der Waals surface area contributed by atoms with Crippen LogP contribution in [0.4, 0.5) is 4.39 Å². The lowest BCUT2D eigenvalue weighted by Gasteiger charge is -2.38. The molecule has 30 heavy (non-hydrogen) atoms. The Bertz CT molecular complexity index is 723. The van der Waals surface area contributed by atoms with Crippen LogP contribution in [0.2, 0.25) is 0 Å². The molecular weight excluding hydrogens is 383 g/mol. The monoisotopic (exact) mass is 418 g/mol. The number of carbonyl (C=O) groups excluding carboxylic acids is 2. The Morgan fingerprint density at radius 3 is 2.57 bits per heavy atom. The lowest BCUT2D eigenvalue weighted by atomic mass is 9.77. The molecule has 166 valence electrons. The van der Waals surface area contributed by atoms with E-state index in [0.29, 0.717) is 39.1 Å². The molecule has 1 aromatic carbocycles. The van der Waals surface area contributed by atoms with Gasteiger partial charge in [-0.15, -0.1) is 0 Å². The third kappa shape index (κ3) is 5.39. The van der Waals surface area contributed by atoms with Crippen molar-refractivity contribution in [2.24, 2.45) is 5.92 Å². The molecule has 3 rings (SSSR count). The second-order valence-corrected chi connectivity index (χ2v) is 8.93. The van der Waals surface area contributed by atoms with E-state index in [4.69, 9.17) is 4.74 Å². The number of amides is 2. The first-order chi connectivity index (χ1) is 14.4. The molecule has 0 bridgehead atoms. The molecule has 1 aromatic rings. The van der Waals surface area contributed by atoms with E-state index < -0.39 is 5.41 Å². The zero-order chi connectivity index (χ0) is 21.6. The van der Waals surface area contributed by atoms with Gasteiger partial charge in [-0.3, -0.25) is 9.59 Å². The molecular formula is C24H35FN2O3. The van der Waals surface area contributed by atoms with Gasteiger partial charge in [-0.2, -0.15) is 0 Å². The van der Waals surface area contributed by atoms with Crippen LogP contribution in [0.1, 0.15) is 64.4 Å². The fourth-order valence-corrected chi connectivity index (χ4v) is 4.79. The fraction of sp³-hybridized carbons (Fsp3) is 0.667. The van der Waals surface area contributed by atoms with Crippen LogP contribution in [0.25, 0.3) is 0 Å². The van der Waals surface area contributed by atoms with Crippen molar-refractivity contribution >= 4 is 11.8 Å². The van der Waals surface area contributed by atoms with Crippen LogP contribution in [-0.2, 0) is 19.7 Å². The highest BCUT2D eigenvalue weighted by molar-refractivity contribution is 5.89. The largest absolute Gasteiger partial charge is 0.379 e. The molecule has 1 aliphatic carbocycles. The molecule has 0 atom stereocenters. The number of nitrogens with one attached hydrogen (secondary N) is 1. The van der Waals surface area contributed by atoms with E-state index in [0.717, 1.165) is 37.7 Å². The molecule has 0 aromatic heterocycles. The molecule has 2 aliphatic rings. The number of hydrogen-bond donors (Lipinski definition) is 1. The van der Waals surface area contributed by atoms with Crippen LogP contribution in [-0.4, -0.2) is 49.1 Å². The van der Waals surface area contributed by atoms with Crippen LogP contribution in [0.5, 0.6) is 0 Å². The smallest absolute Gasteiger partial charge is 0.233 e. The van der Waals surface area contributed by atoms with Gasteiger partial charge in [0.25, 0.3) is 0 Å². The summed E-state index contributed by atoms with van der Waals surface area (Å²) in [6.07, 6.45) is 5.89. The number of benzene rings is 1. The van der Waals surface area contributed by atoms with Crippen LogP contribution in [0, 0.1) is 11.7 Å². The molecule has 1 heterocycles. The summed E-state index contributed by atoms with van der Waals surface area (Å²) >= 11 is 0. The molecule has 0 unspecified atom stereocenters. The van der Waals surface area contributed by atoms with Crippen molar-refractivity contribution in [2.75, 3.05) is 26.2 Å². The summed E-state index contributed by atoms with van der Waals surface area (Å²) in [5.74, 6) is -0.155. The van der Waals surface area contributed by atoms with E-state index in [-0.39, 0.29) is 29.7 Å². The summed E-state index contributed by atoms with van der Waals surface area (Å²) in [4.78, 5) is 27.9. The van der Waals surface area contributed by atoms with Crippen molar-refractivity contribution in [3.63, 3.8) is 0 Å². The van der Waals surface area contributed by atoms with E-state index in [9.17, 15) is 14.0 Å². The van der Waals surface area contributed by atoms with Crippen molar-refractivity contribution < 1.29 is 18.7 Å². The third-order valence-electron chi connectivity index (χ3n) is 6.47. The van der Waals surface area contributed by atoms with Gasteiger partial charge < -0.3 is 15.0 Å². The van der Waals surface area contributed by atoms with Gasteiger partial charge in [0.05, 0.1) is 11.5 Å². The van der Waals surface area contributed by atoms with Gasteiger partial charge in [0.1, 0.15) is 5.82 Å². The molecule has 5 nitrogen and oxygen atoms in total. The SMILES string of the molecule is CC(C)OCCCNC(=O)C1CCN(C(=O)C2(c3cccc(F)c3)CCCC2)CC1. The molecule has 1 saturated heterocycles. The minimum atomic E-state index is -0.604. The molecule has 0 radical (unpaired) electrons. The van der Waals surface area contributed by atoms with Crippen molar-refractivity contribution in [3.05, 3.63) is 35.6 Å². The summed E-state index contributed by atoms with van der Waals surface area (Å²) in [5.41, 5.74) is 0.196. The zero-order valence-corrected chi connectivity index (χ0v) is 18.3. The summed E-state index contributed by atoms with van der Waals surface area (Å²) in [6.45, 7) is 6.44. The summed E-state index contributed by atoms with van der Waals surface area (Å²) in [7, 11) is 0. The minimum Gasteiger partial charge on any atom is -0.379 e. The normalized spacial score (nSPS) is 19.3. The second-order valence-electron chi connectivity index (χ2n) is 8.93. The van der Waals surface area contributed by atoms with Gasteiger partial charge in [-0.05, 0) is 63.6 Å². The molecule has 2 amide bonds. The first kappa shape index (κ1) is 22.7. The number of piperidine rings is 1. The highest BCUT2D eigenvalue weighted by Gasteiger charge is 2.45. The molecule has 0 spiro atoms. The lowest BCUT2D eigenvalue weighted by molar-refractivity contribution is -0.140. The van der Waals surface area contributed by atoms with Gasteiger partial charge in [0, 0.05) is 32.2 Å². The number of ether oxygens (including phenoxy) is 1. The average Bonchev–Trinajstić information content (AvgIpc) is 3.24. The van der Waals surface area contributed by atoms with Crippen LogP contribution < -0.4 is 5.32 Å². The van der Waals surface area contributed by atoms with Gasteiger partial charge >= 0.3 is 0 Å². The standard InChI is InChI=1S/C24H35FN2O3/c1-18(2)30-16-6-13-26-22(28)19-9-14-27(15-10-19)23(29)24(11-3-4-12-24)20-7-5-8-21(25)17-20/h5,7-8,17-19H,3-4,6,9-16H2,1-2H3,(H,26,28). The highest BCUT2D eigenvalue weighted by atomic mass is 19.1. The number of likely N-dealkylation sites (tertiary alicyclic amines) is 1. The maximum absolute atomic E-state index is 13.8. The lowest BCUT2D eigenvalue weighted by Crippen LogP contribution is -2.50. The number of nitrogens with zero attached hydrogens (tertiary/aromatic N) is 1. The van der Waals surface area contributed by atoms with E-state index >= 15 is 0 Å². The Balaban J connectivity index is 1.52. The van der Waals surface area contributed by atoms with Crippen molar-refractivity contribution in [1.29, 1.82) is 0 Å². The average molecular weight is 419 g/mol. The predicted octanol–water partition coefficient (Wildman–Crippen LogP) is 3.81. The number of carbonyl (C=O) groups is 2. The number of rotatable bonds is 8. The van der Waals surface area contributed by atoms with E-state index in [1.165, 1.54) is 12.1 Å². The van der Waals surface area contributed by atoms with Gasteiger partial charge in [-0.1, -0.05) is 25.0 Å². The quantitative estimate of drug-likeness (QED) is 0.653. The Labute approximate surface area is 179 Å². The van der Waals surface area contributed by atoms with Crippen molar-refractivity contribution in [2.45, 2.75) is 70.3 Å². The number of hydrogen-bond acceptors (Lipinski definition) is 3. The second kappa shape index (κ2) is 10.4. The molecule has 1 aliphatic heterocycles. The fourth-order valence-electron chi connectivity index (χ4n) is 4.79. The maximum atomic E-state index is 13.8. The maximum Gasteiger partial charge on any atom is 0.233 e. The number of halogens is 1. The minimum absolute atomic E-state index is 0.0474. The van der Waals surface area contributed by atoms with Crippen LogP contribution in [0.3, 0.4) is 0 Å². The Hall–Kier alpha value is -1.95. The van der Waals surface area contributed by atoms with E-state index in [1.807, 2.05) is 24.8 Å². The predicted molar refractivity (Wildman–Crippen MR) is 115 cm³/mol. The summed E-state index contributed by atoms with van der Waals surface area (Å²) in [6, 6.07) is 6.53. The van der Waals surface area contributed by atoms with Gasteiger partial charge in [-0.25, -0.2) is 4.39 Å². The van der Waals surface area contributed by atoms with Crippen LogP contribution in [0.15, 0.2) is 24.3 Å².